The molecule has 0 saturated carbocycles. The molecule has 0 aliphatic rings. The molecule has 0 spiro atoms. The Labute approximate surface area is 605 Å². The third-order valence-electron chi connectivity index (χ3n) is 15.2. The third kappa shape index (κ3) is 71.3. The van der Waals surface area contributed by atoms with Gasteiger partial charge in [0.05, 0.1) is 26.4 Å². The molecule has 0 aliphatic heterocycles. The van der Waals surface area contributed by atoms with Crippen molar-refractivity contribution in [2.24, 2.45) is 0 Å². The highest BCUT2D eigenvalue weighted by Crippen LogP contribution is 2.45. The Morgan fingerprint density at radius 1 is 0.290 bits per heavy atom. The van der Waals surface area contributed by atoms with Crippen LogP contribution >= 0.6 is 15.6 Å². The van der Waals surface area contributed by atoms with Gasteiger partial charge in [-0.15, -0.1) is 0 Å². The maximum absolute atomic E-state index is 13.1. The lowest BCUT2D eigenvalue weighted by atomic mass is 10.1. The van der Waals surface area contributed by atoms with Gasteiger partial charge < -0.3 is 33.8 Å². The van der Waals surface area contributed by atoms with Crippen LogP contribution in [0.3, 0.4) is 0 Å². The molecule has 0 aromatic carbocycles. The first-order chi connectivity index (χ1) is 48.7. The zero-order valence-corrected chi connectivity index (χ0v) is 63.9. The van der Waals surface area contributed by atoms with Gasteiger partial charge in [0.25, 0.3) is 0 Å². The summed E-state index contributed by atoms with van der Waals surface area (Å²) in [6.07, 6.45) is 81.4. The highest BCUT2D eigenvalue weighted by atomic mass is 31.2. The molecule has 17 nitrogen and oxygen atoms in total. The van der Waals surface area contributed by atoms with Crippen LogP contribution in [0.1, 0.15) is 285 Å². The van der Waals surface area contributed by atoms with Gasteiger partial charge in [0, 0.05) is 25.7 Å². The Bertz CT molecular complexity index is 2470. The third-order valence-corrected chi connectivity index (χ3v) is 17.1. The fraction of sp³-hybridized carbons (Fsp3) is 0.654. The molecule has 0 radical (unpaired) electrons. The van der Waals surface area contributed by atoms with E-state index in [1.807, 2.05) is 18.2 Å². The van der Waals surface area contributed by atoms with Crippen molar-refractivity contribution in [3.05, 3.63) is 146 Å². The van der Waals surface area contributed by atoms with E-state index in [2.05, 4.69) is 155 Å². The molecule has 3 N–H and O–H groups in total. The monoisotopic (exact) mass is 1440 g/mol. The second-order valence-corrected chi connectivity index (χ2v) is 27.8. The minimum absolute atomic E-state index is 0.0287. The van der Waals surface area contributed by atoms with Crippen molar-refractivity contribution < 1.29 is 80.2 Å². The van der Waals surface area contributed by atoms with Crippen LogP contribution in [0.2, 0.25) is 0 Å². The molecule has 5 unspecified atom stereocenters. The highest BCUT2D eigenvalue weighted by Gasteiger charge is 2.30. The number of unbranched alkanes of at least 4 members (excludes halogenated alkanes) is 20. The predicted molar refractivity (Wildman–Crippen MR) is 408 cm³/mol. The van der Waals surface area contributed by atoms with Gasteiger partial charge in [-0.2, -0.15) is 0 Å². The van der Waals surface area contributed by atoms with Crippen molar-refractivity contribution in [2.45, 2.75) is 303 Å². The van der Waals surface area contributed by atoms with Crippen molar-refractivity contribution in [3.63, 3.8) is 0 Å². The summed E-state index contributed by atoms with van der Waals surface area (Å²) in [6, 6.07) is 0. The minimum atomic E-state index is -5.00. The van der Waals surface area contributed by atoms with Crippen molar-refractivity contribution in [1.82, 2.24) is 0 Å². The van der Waals surface area contributed by atoms with E-state index in [1.165, 1.54) is 19.3 Å². The number of ether oxygens (including phenoxy) is 4. The highest BCUT2D eigenvalue weighted by molar-refractivity contribution is 7.47. The zero-order chi connectivity index (χ0) is 73.2. The minimum Gasteiger partial charge on any atom is -0.462 e. The summed E-state index contributed by atoms with van der Waals surface area (Å²) in [5.74, 6) is -2.33. The fourth-order valence-electron chi connectivity index (χ4n) is 9.47. The average molecular weight is 1440 g/mol. The second-order valence-electron chi connectivity index (χ2n) is 24.8. The lowest BCUT2D eigenvalue weighted by Crippen LogP contribution is -2.30. The maximum atomic E-state index is 13.1. The van der Waals surface area contributed by atoms with E-state index in [1.54, 1.807) is 0 Å². The molecular formula is C81H134O17P2. The summed E-state index contributed by atoms with van der Waals surface area (Å²) in [5.41, 5.74) is 0. The normalized spacial score (nSPS) is 14.8. The molecule has 0 bridgehead atoms. The Hall–Kier alpha value is -5.06. The molecule has 0 rings (SSSR count). The van der Waals surface area contributed by atoms with Crippen molar-refractivity contribution >= 4 is 39.5 Å². The molecule has 5 atom stereocenters. The van der Waals surface area contributed by atoms with Gasteiger partial charge in [-0.25, -0.2) is 9.13 Å². The molecule has 570 valence electrons. The summed E-state index contributed by atoms with van der Waals surface area (Å²) < 4.78 is 68.3. The van der Waals surface area contributed by atoms with Gasteiger partial charge in [0.2, 0.25) is 0 Å². The van der Waals surface area contributed by atoms with Crippen LogP contribution in [0.5, 0.6) is 0 Å². The Morgan fingerprint density at radius 3 is 0.900 bits per heavy atom. The van der Waals surface area contributed by atoms with Crippen molar-refractivity contribution in [3.8, 4) is 0 Å². The molecule has 0 saturated heterocycles. The van der Waals surface area contributed by atoms with E-state index in [-0.39, 0.29) is 25.7 Å². The molecule has 0 aliphatic carbocycles. The summed E-state index contributed by atoms with van der Waals surface area (Å²) in [7, 11) is -9.99. The second kappa shape index (κ2) is 72.3. The molecular weight excluding hydrogens is 1310 g/mol. The number of hydrogen-bond acceptors (Lipinski definition) is 15. The Morgan fingerprint density at radius 2 is 0.560 bits per heavy atom. The van der Waals surface area contributed by atoms with Crippen LogP contribution in [0.4, 0.5) is 0 Å². The first-order valence-corrected chi connectivity index (χ1v) is 41.1. The maximum Gasteiger partial charge on any atom is 0.472 e. The first kappa shape index (κ1) is 94.9. The van der Waals surface area contributed by atoms with Crippen LogP contribution in [-0.4, -0.2) is 96.7 Å². The van der Waals surface area contributed by atoms with Crippen LogP contribution in [-0.2, 0) is 65.4 Å². The van der Waals surface area contributed by atoms with E-state index in [0.717, 1.165) is 180 Å². The number of aliphatic hydroxyl groups is 1. The van der Waals surface area contributed by atoms with Gasteiger partial charge in [0.1, 0.15) is 19.3 Å². The van der Waals surface area contributed by atoms with E-state index < -0.39 is 97.5 Å². The van der Waals surface area contributed by atoms with Gasteiger partial charge in [-0.1, -0.05) is 257 Å². The van der Waals surface area contributed by atoms with Gasteiger partial charge >= 0.3 is 39.5 Å². The molecule has 0 heterocycles. The lowest BCUT2D eigenvalue weighted by Gasteiger charge is -2.21. The zero-order valence-electron chi connectivity index (χ0n) is 62.1. The van der Waals surface area contributed by atoms with Gasteiger partial charge in [-0.3, -0.25) is 37.3 Å². The summed E-state index contributed by atoms with van der Waals surface area (Å²) in [5, 5.41) is 10.6. The Kier molecular flexibility index (Phi) is 68.6. The number of carbonyl (C=O) groups excluding carboxylic acids is 4. The number of rotatable bonds is 70. The molecule has 0 aromatic rings. The number of phosphoric acid groups is 2. The van der Waals surface area contributed by atoms with Crippen molar-refractivity contribution in [2.75, 3.05) is 39.6 Å². The van der Waals surface area contributed by atoms with Crippen LogP contribution in [0.25, 0.3) is 0 Å². The SMILES string of the molecule is CC/C=C\C/C=C\C/C=C\C/C=C\C/C=C\C/C=C\CCC(=O)OCC(COP(=O)(O)OCC(O)COP(=O)(O)OCC(COC(=O)CCCCCCC/C=C\C/C=C\CCC)OC(=O)CCCCCCC/C=C\C/C=C\CCC)OC(=O)CCCCCCC/C=C\C/C=C\CCCCC. The number of esters is 4. The predicted octanol–water partition coefficient (Wildman–Crippen LogP) is 21.9. The van der Waals surface area contributed by atoms with Crippen molar-refractivity contribution in [1.29, 1.82) is 0 Å². The molecule has 0 aromatic heterocycles. The molecule has 0 amide bonds. The van der Waals surface area contributed by atoms with E-state index in [4.69, 9.17) is 37.0 Å². The lowest BCUT2D eigenvalue weighted by molar-refractivity contribution is -0.161. The van der Waals surface area contributed by atoms with E-state index >= 15 is 0 Å². The summed E-state index contributed by atoms with van der Waals surface area (Å²) >= 11 is 0. The fourth-order valence-corrected chi connectivity index (χ4v) is 11.0. The topological polar surface area (TPSA) is 237 Å². The summed E-state index contributed by atoms with van der Waals surface area (Å²) in [4.78, 5) is 72.8. The summed E-state index contributed by atoms with van der Waals surface area (Å²) in [6.45, 7) is 4.45. The van der Waals surface area contributed by atoms with E-state index in [9.17, 15) is 43.2 Å². The van der Waals surface area contributed by atoms with Gasteiger partial charge in [-0.05, 0) is 148 Å². The Balaban J connectivity index is 5.45. The number of aliphatic hydroxyl groups excluding tert-OH is 1. The van der Waals surface area contributed by atoms with Gasteiger partial charge in [0.15, 0.2) is 12.2 Å². The number of allylic oxidation sites excluding steroid dienone is 24. The standard InChI is InChI=1S/C81H134O17P2/c1-5-9-13-17-21-25-29-33-35-36-37-38-40-43-46-50-54-58-62-66-79(84)92-72-77(98-81(86)68-64-60-56-52-48-44-39-34-30-26-22-18-14-10-6-2)74-96-100(89,90)94-70-75(82)69-93-99(87,88)95-73-76(97-80(85)67-63-59-55-51-47-42-32-28-24-20-16-12-8-4)71-91-78(83)65-61-57-53-49-45-41-31-27-23-19-15-11-7-3/h9,13,15-16,19-22,25-28,31-35,37-39,43,46,54,58,75-77,82H,5-8,10-12,14,17-18,23-24,29-30,36,40-42,44-45,47-53,55-57,59-74H2,1-4H3,(H,87,88)(H,89,90)/b13-9-,19-15-,20-16-,25-21-,26-22-,31-27-,32-28-,35-33-,38-37-,39-34-,46-43-,58-54-. The van der Waals surface area contributed by atoms with E-state index in [0.29, 0.717) is 32.1 Å². The van der Waals surface area contributed by atoms with Crippen LogP contribution in [0, 0.1) is 0 Å². The first-order valence-electron chi connectivity index (χ1n) is 38.1. The molecule has 0 fully saturated rings. The molecule has 100 heavy (non-hydrogen) atoms. The van der Waals surface area contributed by atoms with Crippen LogP contribution in [0.15, 0.2) is 146 Å². The largest absolute Gasteiger partial charge is 0.472 e. The number of carbonyl (C=O) groups is 4. The number of phosphoric ester groups is 2. The average Bonchev–Trinajstić information content (AvgIpc) is 0.946. The smallest absolute Gasteiger partial charge is 0.462 e. The number of hydrogen-bond donors (Lipinski definition) is 3. The quantitative estimate of drug-likeness (QED) is 0.0169. The molecule has 19 heteroatoms. The van der Waals surface area contributed by atoms with Crippen LogP contribution < -0.4 is 0 Å².